The fourth-order valence-corrected chi connectivity index (χ4v) is 3.87. The second-order valence-electron chi connectivity index (χ2n) is 8.01. The van der Waals surface area contributed by atoms with Gasteiger partial charge < -0.3 is 9.84 Å². The zero-order chi connectivity index (χ0) is 19.0. The maximum absolute atomic E-state index is 15.5. The quantitative estimate of drug-likeness (QED) is 0.866. The molecule has 2 fully saturated rings. The van der Waals surface area contributed by atoms with Crippen LogP contribution in [0.4, 0.5) is 4.39 Å². The van der Waals surface area contributed by atoms with Gasteiger partial charge in [0.05, 0.1) is 18.3 Å². The summed E-state index contributed by atoms with van der Waals surface area (Å²) in [5, 5.41) is 9.71. The second kappa shape index (κ2) is 7.15. The van der Waals surface area contributed by atoms with E-state index >= 15 is 4.39 Å². The summed E-state index contributed by atoms with van der Waals surface area (Å²) in [6.45, 7) is 4.31. The SMILES string of the molecule is Cc1ccc(C2C[C@@H]2COc2nc(C)ncc2[C@]2(F)CC[C@@H](O)CC2)nc1. The lowest BCUT2D eigenvalue weighted by molar-refractivity contribution is 0.0285. The summed E-state index contributed by atoms with van der Waals surface area (Å²) in [6, 6.07) is 4.15. The van der Waals surface area contributed by atoms with Gasteiger partial charge in [0.1, 0.15) is 11.5 Å². The maximum Gasteiger partial charge on any atom is 0.223 e. The van der Waals surface area contributed by atoms with Gasteiger partial charge in [0, 0.05) is 29.9 Å². The lowest BCUT2D eigenvalue weighted by Gasteiger charge is -2.32. The molecule has 5 nitrogen and oxygen atoms in total. The highest BCUT2D eigenvalue weighted by Crippen LogP contribution is 2.48. The van der Waals surface area contributed by atoms with Crippen molar-refractivity contribution in [3.63, 3.8) is 0 Å². The molecule has 6 heteroatoms. The fourth-order valence-electron chi connectivity index (χ4n) is 3.87. The minimum absolute atomic E-state index is 0.274. The average Bonchev–Trinajstić information content (AvgIpc) is 3.43. The molecule has 0 aromatic carbocycles. The van der Waals surface area contributed by atoms with Crippen LogP contribution >= 0.6 is 0 Å². The number of rotatable bonds is 5. The van der Waals surface area contributed by atoms with E-state index in [1.165, 1.54) is 0 Å². The van der Waals surface area contributed by atoms with E-state index in [0.29, 0.717) is 48.6 Å². The van der Waals surface area contributed by atoms with E-state index < -0.39 is 11.8 Å². The lowest BCUT2D eigenvalue weighted by atomic mass is 9.81. The van der Waals surface area contributed by atoms with Gasteiger partial charge in [-0.1, -0.05) is 6.07 Å². The molecule has 0 aliphatic heterocycles. The Morgan fingerprint density at radius 1 is 1.19 bits per heavy atom. The van der Waals surface area contributed by atoms with Gasteiger partial charge in [-0.2, -0.15) is 4.98 Å². The molecule has 2 aromatic heterocycles. The Morgan fingerprint density at radius 3 is 2.67 bits per heavy atom. The summed E-state index contributed by atoms with van der Waals surface area (Å²) in [4.78, 5) is 13.1. The first-order valence-corrected chi connectivity index (χ1v) is 9.71. The van der Waals surface area contributed by atoms with Crippen LogP contribution in [-0.4, -0.2) is 32.8 Å². The van der Waals surface area contributed by atoms with E-state index in [9.17, 15) is 5.11 Å². The summed E-state index contributed by atoms with van der Waals surface area (Å²) in [6.07, 6.45) is 5.51. The predicted molar refractivity (Wildman–Crippen MR) is 99.3 cm³/mol. The molecule has 2 heterocycles. The Morgan fingerprint density at radius 2 is 1.96 bits per heavy atom. The van der Waals surface area contributed by atoms with E-state index in [2.05, 4.69) is 27.1 Å². The molecule has 0 spiro atoms. The lowest BCUT2D eigenvalue weighted by Crippen LogP contribution is -2.30. The number of aryl methyl sites for hydroxylation is 2. The normalized spacial score (nSPS) is 30.1. The monoisotopic (exact) mass is 371 g/mol. The molecule has 0 saturated heterocycles. The number of aromatic nitrogens is 3. The van der Waals surface area contributed by atoms with E-state index in [1.807, 2.05) is 13.1 Å². The van der Waals surface area contributed by atoms with Gasteiger partial charge in [-0.05, 0) is 57.6 Å². The summed E-state index contributed by atoms with van der Waals surface area (Å²) >= 11 is 0. The third-order valence-electron chi connectivity index (χ3n) is 5.78. The number of hydrogen-bond acceptors (Lipinski definition) is 5. The number of aliphatic hydroxyl groups is 1. The Labute approximate surface area is 159 Å². The van der Waals surface area contributed by atoms with Gasteiger partial charge in [0.2, 0.25) is 5.88 Å². The third-order valence-corrected chi connectivity index (χ3v) is 5.78. The highest BCUT2D eigenvalue weighted by Gasteiger charge is 2.42. The van der Waals surface area contributed by atoms with Crippen molar-refractivity contribution in [3.8, 4) is 5.88 Å². The molecule has 1 N–H and O–H groups in total. The minimum Gasteiger partial charge on any atom is -0.477 e. The van der Waals surface area contributed by atoms with Gasteiger partial charge in [-0.25, -0.2) is 9.37 Å². The van der Waals surface area contributed by atoms with Gasteiger partial charge in [-0.15, -0.1) is 0 Å². The molecular weight excluding hydrogens is 345 g/mol. The summed E-state index contributed by atoms with van der Waals surface area (Å²) in [7, 11) is 0. The van der Waals surface area contributed by atoms with E-state index in [-0.39, 0.29) is 12.8 Å². The van der Waals surface area contributed by atoms with Gasteiger partial charge in [0.15, 0.2) is 0 Å². The molecular formula is C21H26FN3O2. The van der Waals surface area contributed by atoms with Crippen LogP contribution in [0.1, 0.15) is 60.7 Å². The zero-order valence-corrected chi connectivity index (χ0v) is 15.9. The number of alkyl halides is 1. The first-order valence-electron chi connectivity index (χ1n) is 9.71. The summed E-state index contributed by atoms with van der Waals surface area (Å²) in [5.41, 5.74) is 1.14. The van der Waals surface area contributed by atoms with Crippen LogP contribution in [0.15, 0.2) is 24.5 Å². The highest BCUT2D eigenvalue weighted by molar-refractivity contribution is 5.31. The van der Waals surface area contributed by atoms with Crippen molar-refractivity contribution >= 4 is 0 Å². The molecule has 2 saturated carbocycles. The molecule has 2 atom stereocenters. The van der Waals surface area contributed by atoms with Crippen molar-refractivity contribution < 1.29 is 14.2 Å². The van der Waals surface area contributed by atoms with Crippen LogP contribution < -0.4 is 4.74 Å². The van der Waals surface area contributed by atoms with Gasteiger partial charge >= 0.3 is 0 Å². The molecule has 1 unspecified atom stereocenters. The van der Waals surface area contributed by atoms with Crippen molar-refractivity contribution in [2.45, 2.75) is 63.6 Å². The Kier molecular flexibility index (Phi) is 4.84. The van der Waals surface area contributed by atoms with Crippen LogP contribution in [0, 0.1) is 19.8 Å². The van der Waals surface area contributed by atoms with E-state index in [4.69, 9.17) is 4.74 Å². The highest BCUT2D eigenvalue weighted by atomic mass is 19.1. The molecule has 0 radical (unpaired) electrons. The standard InChI is InChI=1S/C21H26FN3O2/c1-13-3-4-19(24-10-13)17-9-15(17)12-27-20-18(11-23-14(2)25-20)21(22)7-5-16(26)6-8-21/h3-4,10-11,15-17,26H,5-9,12H2,1-2H3/t15-,16-,17?,21+/m1/s1. The zero-order valence-electron chi connectivity index (χ0n) is 15.9. The predicted octanol–water partition coefficient (Wildman–Crippen LogP) is 3.77. The molecule has 2 aromatic rings. The minimum atomic E-state index is -1.52. The van der Waals surface area contributed by atoms with Crippen molar-refractivity contribution in [2.75, 3.05) is 6.61 Å². The fraction of sp³-hybridized carbons (Fsp3) is 0.571. The molecule has 0 bridgehead atoms. The number of halogens is 1. The summed E-state index contributed by atoms with van der Waals surface area (Å²) in [5.74, 6) is 1.71. The topological polar surface area (TPSA) is 68.1 Å². The average molecular weight is 371 g/mol. The Hall–Kier alpha value is -2.08. The maximum atomic E-state index is 15.5. The number of aliphatic hydroxyl groups excluding tert-OH is 1. The van der Waals surface area contributed by atoms with Crippen molar-refractivity contribution in [1.82, 2.24) is 15.0 Å². The number of pyridine rings is 1. The molecule has 0 amide bonds. The Balaban J connectivity index is 1.45. The molecule has 2 aliphatic rings. The Bertz CT molecular complexity index is 804. The third kappa shape index (κ3) is 3.95. The largest absolute Gasteiger partial charge is 0.477 e. The van der Waals surface area contributed by atoms with Crippen molar-refractivity contribution in [1.29, 1.82) is 0 Å². The molecule has 4 rings (SSSR count). The molecule has 27 heavy (non-hydrogen) atoms. The second-order valence-corrected chi connectivity index (χ2v) is 8.01. The first kappa shape index (κ1) is 18.3. The number of hydrogen-bond donors (Lipinski definition) is 1. The van der Waals surface area contributed by atoms with E-state index in [0.717, 1.165) is 17.7 Å². The molecule has 2 aliphatic carbocycles. The number of ether oxygens (including phenoxy) is 1. The van der Waals surface area contributed by atoms with Crippen LogP contribution in [0.25, 0.3) is 0 Å². The van der Waals surface area contributed by atoms with Gasteiger partial charge in [-0.3, -0.25) is 4.98 Å². The van der Waals surface area contributed by atoms with Crippen LogP contribution in [0.3, 0.4) is 0 Å². The number of nitrogens with zero attached hydrogens (tertiary/aromatic N) is 3. The van der Waals surface area contributed by atoms with E-state index in [1.54, 1.807) is 13.1 Å². The van der Waals surface area contributed by atoms with Crippen LogP contribution in [0.5, 0.6) is 5.88 Å². The van der Waals surface area contributed by atoms with Crippen LogP contribution in [0.2, 0.25) is 0 Å². The summed E-state index contributed by atoms with van der Waals surface area (Å²) < 4.78 is 21.5. The van der Waals surface area contributed by atoms with Crippen molar-refractivity contribution in [2.24, 2.45) is 5.92 Å². The van der Waals surface area contributed by atoms with Crippen molar-refractivity contribution in [3.05, 3.63) is 47.2 Å². The van der Waals surface area contributed by atoms with Crippen LogP contribution in [-0.2, 0) is 5.67 Å². The molecule has 144 valence electrons. The smallest absolute Gasteiger partial charge is 0.223 e. The van der Waals surface area contributed by atoms with Gasteiger partial charge in [0.25, 0.3) is 0 Å². The first-order chi connectivity index (χ1) is 12.9.